The highest BCUT2D eigenvalue weighted by Gasteiger charge is 2.19. The second-order valence-electron chi connectivity index (χ2n) is 6.44. The normalized spacial score (nSPS) is 11.3. The Morgan fingerprint density at radius 3 is 2.60 bits per heavy atom. The van der Waals surface area contributed by atoms with Crippen LogP contribution in [-0.2, 0) is 0 Å². The average Bonchev–Trinajstić information content (AvgIpc) is 3.17. The van der Waals surface area contributed by atoms with Crippen molar-refractivity contribution in [2.45, 2.75) is 0 Å². The maximum absolute atomic E-state index is 13.5. The number of nitrogens with zero attached hydrogens (tertiary/aromatic N) is 4. The van der Waals surface area contributed by atoms with Gasteiger partial charge in [-0.3, -0.25) is 4.79 Å². The minimum atomic E-state index is -0.556. The van der Waals surface area contributed by atoms with E-state index in [1.165, 1.54) is 15.9 Å². The number of hydrogen-bond donors (Lipinski definition) is 0. The molecule has 0 saturated heterocycles. The van der Waals surface area contributed by atoms with Crippen LogP contribution < -0.4 is 16.0 Å². The maximum Gasteiger partial charge on any atom is 0.343 e. The van der Waals surface area contributed by atoms with Crippen molar-refractivity contribution in [2.24, 2.45) is 0 Å². The Morgan fingerprint density at radius 2 is 1.83 bits per heavy atom. The van der Waals surface area contributed by atoms with Gasteiger partial charge in [0.05, 0.1) is 28.4 Å². The van der Waals surface area contributed by atoms with E-state index in [0.29, 0.717) is 27.4 Å². The van der Waals surface area contributed by atoms with Crippen molar-refractivity contribution >= 4 is 44.2 Å². The lowest BCUT2D eigenvalue weighted by Crippen LogP contribution is -2.38. The molecule has 0 spiro atoms. The number of halogens is 1. The fourth-order valence-electron chi connectivity index (χ4n) is 3.25. The van der Waals surface area contributed by atoms with E-state index < -0.39 is 11.2 Å². The lowest BCUT2D eigenvalue weighted by atomic mass is 10.3. The first-order chi connectivity index (χ1) is 14.6. The average molecular weight is 437 g/mol. The predicted molar refractivity (Wildman–Crippen MR) is 118 cm³/mol. The third-order valence-electron chi connectivity index (χ3n) is 4.67. The highest BCUT2D eigenvalue weighted by atomic mass is 35.5. The van der Waals surface area contributed by atoms with Gasteiger partial charge in [-0.2, -0.15) is 0 Å². The molecular weight excluding hydrogens is 424 g/mol. The topological polar surface area (TPSA) is 79.0 Å². The number of aromatic nitrogens is 4. The number of rotatable bonds is 3. The van der Waals surface area contributed by atoms with Crippen LogP contribution in [0.15, 0.2) is 70.4 Å². The number of methoxy groups -OCH3 is 1. The number of ether oxygens (including phenoxy) is 1. The molecule has 9 heteroatoms. The molecule has 0 aliphatic heterocycles. The lowest BCUT2D eigenvalue weighted by molar-refractivity contribution is 0.415. The Bertz CT molecular complexity index is 1540. The Morgan fingerprint density at radius 1 is 1.03 bits per heavy atom. The zero-order chi connectivity index (χ0) is 20.8. The van der Waals surface area contributed by atoms with E-state index in [0.717, 1.165) is 9.27 Å². The molecule has 2 aromatic carbocycles. The summed E-state index contributed by atoms with van der Waals surface area (Å²) >= 11 is 7.24. The standard InChI is InChI=1S/C21H13ClN4O3S/c1-29-14-8-9-16-17(11-14)30-20(24-16)26-19(27)15-3-2-10-23-18(15)25(21(26)28)13-6-4-12(22)5-7-13/h2-11H,1H3. The molecule has 0 saturated carbocycles. The Balaban J connectivity index is 1.86. The molecule has 148 valence electrons. The van der Waals surface area contributed by atoms with Gasteiger partial charge in [0.15, 0.2) is 5.65 Å². The number of pyridine rings is 1. The zero-order valence-electron chi connectivity index (χ0n) is 15.6. The van der Waals surface area contributed by atoms with Crippen LogP contribution in [0, 0.1) is 0 Å². The number of fused-ring (bicyclic) bond motifs is 2. The number of benzene rings is 2. The van der Waals surface area contributed by atoms with Crippen LogP contribution >= 0.6 is 22.9 Å². The Kier molecular flexibility index (Phi) is 4.38. The second-order valence-corrected chi connectivity index (χ2v) is 7.89. The van der Waals surface area contributed by atoms with Crippen LogP contribution in [0.3, 0.4) is 0 Å². The van der Waals surface area contributed by atoms with E-state index in [1.807, 2.05) is 6.07 Å². The van der Waals surface area contributed by atoms with Gasteiger partial charge in [-0.1, -0.05) is 22.9 Å². The van der Waals surface area contributed by atoms with E-state index in [4.69, 9.17) is 16.3 Å². The summed E-state index contributed by atoms with van der Waals surface area (Å²) in [5.74, 6) is 0.673. The second kappa shape index (κ2) is 7.08. The maximum atomic E-state index is 13.5. The minimum absolute atomic E-state index is 0.272. The molecule has 3 aromatic heterocycles. The molecule has 5 rings (SSSR count). The van der Waals surface area contributed by atoms with Crippen LogP contribution in [-0.4, -0.2) is 26.2 Å². The van der Waals surface area contributed by atoms with Crippen molar-refractivity contribution in [3.63, 3.8) is 0 Å². The van der Waals surface area contributed by atoms with Crippen LogP contribution in [0.25, 0.3) is 32.1 Å². The van der Waals surface area contributed by atoms with E-state index in [1.54, 1.807) is 61.8 Å². The smallest absolute Gasteiger partial charge is 0.343 e. The highest BCUT2D eigenvalue weighted by molar-refractivity contribution is 7.20. The van der Waals surface area contributed by atoms with Crippen LogP contribution in [0.1, 0.15) is 0 Å². The van der Waals surface area contributed by atoms with Gasteiger partial charge in [0.25, 0.3) is 5.56 Å². The van der Waals surface area contributed by atoms with E-state index >= 15 is 0 Å². The number of thiazole rings is 1. The van der Waals surface area contributed by atoms with Crippen molar-refractivity contribution < 1.29 is 4.74 Å². The molecule has 3 heterocycles. The minimum Gasteiger partial charge on any atom is -0.497 e. The molecule has 0 aliphatic carbocycles. The molecule has 5 aromatic rings. The van der Waals surface area contributed by atoms with Gasteiger partial charge in [0.1, 0.15) is 5.75 Å². The van der Waals surface area contributed by atoms with Gasteiger partial charge in [0, 0.05) is 11.2 Å². The molecule has 7 nitrogen and oxygen atoms in total. The van der Waals surface area contributed by atoms with E-state index in [2.05, 4.69) is 9.97 Å². The summed E-state index contributed by atoms with van der Waals surface area (Å²) in [5, 5.41) is 1.13. The third-order valence-corrected chi connectivity index (χ3v) is 5.93. The highest BCUT2D eigenvalue weighted by Crippen LogP contribution is 2.27. The summed E-state index contributed by atoms with van der Waals surface area (Å²) in [6.45, 7) is 0. The largest absolute Gasteiger partial charge is 0.497 e. The molecule has 0 bridgehead atoms. The van der Waals surface area contributed by atoms with Crippen LogP contribution in [0.4, 0.5) is 0 Å². The van der Waals surface area contributed by atoms with Gasteiger partial charge in [-0.25, -0.2) is 23.9 Å². The fourth-order valence-corrected chi connectivity index (χ4v) is 4.36. The molecule has 0 aliphatic rings. The van der Waals surface area contributed by atoms with E-state index in [9.17, 15) is 9.59 Å². The Labute approximate surface area is 178 Å². The van der Waals surface area contributed by atoms with Gasteiger partial charge >= 0.3 is 5.69 Å². The third kappa shape index (κ3) is 2.89. The van der Waals surface area contributed by atoms with Crippen LogP contribution in [0.5, 0.6) is 5.75 Å². The first kappa shape index (κ1) is 18.5. The molecule has 0 amide bonds. The van der Waals surface area contributed by atoms with Crippen molar-refractivity contribution in [3.05, 3.63) is 86.7 Å². The van der Waals surface area contributed by atoms with Crippen molar-refractivity contribution in [2.75, 3.05) is 7.11 Å². The molecule has 0 unspecified atom stereocenters. The van der Waals surface area contributed by atoms with Crippen molar-refractivity contribution in [1.82, 2.24) is 19.1 Å². The lowest BCUT2D eigenvalue weighted by Gasteiger charge is -2.12. The van der Waals surface area contributed by atoms with Crippen LogP contribution in [0.2, 0.25) is 5.02 Å². The molecule has 0 N–H and O–H groups in total. The van der Waals surface area contributed by atoms with Gasteiger partial charge < -0.3 is 4.74 Å². The summed E-state index contributed by atoms with van der Waals surface area (Å²) in [4.78, 5) is 35.5. The van der Waals surface area contributed by atoms with Gasteiger partial charge in [-0.15, -0.1) is 0 Å². The molecule has 0 radical (unpaired) electrons. The summed E-state index contributed by atoms with van der Waals surface area (Å²) < 4.78 is 8.53. The summed E-state index contributed by atoms with van der Waals surface area (Å²) in [7, 11) is 1.58. The predicted octanol–water partition coefficient (Wildman–Crippen LogP) is 3.81. The number of hydrogen-bond acceptors (Lipinski definition) is 6. The Hall–Kier alpha value is -3.49. The summed E-state index contributed by atoms with van der Waals surface area (Å²) in [6.07, 6.45) is 1.54. The molecule has 0 atom stereocenters. The van der Waals surface area contributed by atoms with Gasteiger partial charge in [-0.05, 0) is 54.6 Å². The fraction of sp³-hybridized carbons (Fsp3) is 0.0476. The SMILES string of the molecule is COc1ccc2nc(-n3c(=O)c4cccnc4n(-c4ccc(Cl)cc4)c3=O)sc2c1. The summed E-state index contributed by atoms with van der Waals surface area (Å²) in [5.41, 5.74) is 0.462. The first-order valence-corrected chi connectivity index (χ1v) is 10.1. The quantitative estimate of drug-likeness (QED) is 0.429. The van der Waals surface area contributed by atoms with Crippen molar-refractivity contribution in [1.29, 1.82) is 0 Å². The molecule has 0 fully saturated rings. The van der Waals surface area contributed by atoms with Gasteiger partial charge in [0.2, 0.25) is 5.13 Å². The first-order valence-electron chi connectivity index (χ1n) is 8.90. The monoisotopic (exact) mass is 436 g/mol. The summed E-state index contributed by atoms with van der Waals surface area (Å²) in [6, 6.07) is 15.5. The van der Waals surface area contributed by atoms with Crippen molar-refractivity contribution in [3.8, 4) is 16.6 Å². The van der Waals surface area contributed by atoms with E-state index in [-0.39, 0.29) is 10.8 Å². The molecular formula is C21H13ClN4O3S. The zero-order valence-corrected chi connectivity index (χ0v) is 17.1. The molecule has 30 heavy (non-hydrogen) atoms.